The maximum atomic E-state index is 13.9. The van der Waals surface area contributed by atoms with E-state index in [1.165, 1.54) is 15.5 Å². The van der Waals surface area contributed by atoms with E-state index in [0.29, 0.717) is 23.6 Å². The highest BCUT2D eigenvalue weighted by molar-refractivity contribution is 5.52. The predicted octanol–water partition coefficient (Wildman–Crippen LogP) is 2.72. The van der Waals surface area contributed by atoms with Gasteiger partial charge in [0.15, 0.2) is 0 Å². The van der Waals surface area contributed by atoms with Crippen LogP contribution in [0.4, 0.5) is 4.39 Å². The molecule has 0 radical (unpaired) electrons. The minimum Gasteiger partial charge on any atom is -0.497 e. The Bertz CT molecular complexity index is 1020. The van der Waals surface area contributed by atoms with Gasteiger partial charge in [0.2, 0.25) is 5.82 Å². The van der Waals surface area contributed by atoms with E-state index in [2.05, 4.69) is 20.5 Å². The van der Waals surface area contributed by atoms with Crippen LogP contribution in [-0.2, 0) is 6.54 Å². The molecule has 7 nitrogen and oxygen atoms in total. The van der Waals surface area contributed by atoms with E-state index in [1.807, 2.05) is 24.3 Å². The van der Waals surface area contributed by atoms with Crippen molar-refractivity contribution in [3.8, 4) is 22.8 Å². The van der Waals surface area contributed by atoms with Gasteiger partial charge in [0.25, 0.3) is 0 Å². The summed E-state index contributed by atoms with van der Waals surface area (Å²) in [5.41, 5.74) is 2.05. The normalized spacial score (nSPS) is 10.8. The molecule has 130 valence electrons. The number of methoxy groups -OCH3 is 1. The molecular weight excluding hydrogens is 335 g/mol. The maximum Gasteiger partial charge on any atom is 0.208 e. The standard InChI is InChI=1S/C18H15FN6O/c1-26-15-8-6-13(7-9-15)11-25-22-18(21-23-25)14-10-20-24(12-14)17-5-3-2-4-16(17)19/h2-10,12H,11H2,1H3. The third-order valence-electron chi connectivity index (χ3n) is 3.88. The van der Waals surface area contributed by atoms with Crippen molar-refractivity contribution in [3.63, 3.8) is 0 Å². The van der Waals surface area contributed by atoms with E-state index < -0.39 is 0 Å². The average molecular weight is 350 g/mol. The lowest BCUT2D eigenvalue weighted by Gasteiger charge is -2.02. The molecular formula is C18H15FN6O. The van der Waals surface area contributed by atoms with Crippen molar-refractivity contribution in [2.45, 2.75) is 6.54 Å². The van der Waals surface area contributed by atoms with Crippen LogP contribution in [0.3, 0.4) is 0 Å². The molecule has 2 heterocycles. The van der Waals surface area contributed by atoms with Crippen LogP contribution in [0.5, 0.6) is 5.75 Å². The molecule has 0 saturated heterocycles. The molecule has 0 aliphatic rings. The van der Waals surface area contributed by atoms with Crippen LogP contribution < -0.4 is 4.74 Å². The number of aromatic nitrogens is 6. The number of rotatable bonds is 5. The fourth-order valence-electron chi connectivity index (χ4n) is 2.53. The van der Waals surface area contributed by atoms with Crippen LogP contribution in [0.15, 0.2) is 60.9 Å². The van der Waals surface area contributed by atoms with Crippen LogP contribution in [0.1, 0.15) is 5.56 Å². The molecule has 0 atom stereocenters. The molecule has 26 heavy (non-hydrogen) atoms. The van der Waals surface area contributed by atoms with Crippen LogP contribution in [0.2, 0.25) is 0 Å². The van der Waals surface area contributed by atoms with Crippen molar-refractivity contribution in [1.82, 2.24) is 30.0 Å². The molecule has 8 heteroatoms. The van der Waals surface area contributed by atoms with Gasteiger partial charge in [-0.15, -0.1) is 10.2 Å². The second kappa shape index (κ2) is 6.75. The fourth-order valence-corrected chi connectivity index (χ4v) is 2.53. The van der Waals surface area contributed by atoms with Gasteiger partial charge in [0, 0.05) is 6.20 Å². The molecule has 2 aromatic heterocycles. The summed E-state index contributed by atoms with van der Waals surface area (Å²) in [7, 11) is 1.63. The van der Waals surface area contributed by atoms with E-state index in [-0.39, 0.29) is 5.82 Å². The number of nitrogens with zero attached hydrogens (tertiary/aromatic N) is 6. The van der Waals surface area contributed by atoms with Gasteiger partial charge >= 0.3 is 0 Å². The Hall–Kier alpha value is -3.55. The number of tetrazole rings is 1. The molecule has 4 aromatic rings. The Labute approximate surface area is 148 Å². The van der Waals surface area contributed by atoms with Gasteiger partial charge in [-0.05, 0) is 35.0 Å². The second-order valence-corrected chi connectivity index (χ2v) is 5.62. The third-order valence-corrected chi connectivity index (χ3v) is 3.88. The Morgan fingerprint density at radius 3 is 2.65 bits per heavy atom. The van der Waals surface area contributed by atoms with E-state index in [0.717, 1.165) is 11.3 Å². The van der Waals surface area contributed by atoms with Crippen molar-refractivity contribution >= 4 is 0 Å². The summed E-state index contributed by atoms with van der Waals surface area (Å²) in [4.78, 5) is 1.50. The Morgan fingerprint density at radius 1 is 1.08 bits per heavy atom. The number of ether oxygens (including phenoxy) is 1. The van der Waals surface area contributed by atoms with Crippen LogP contribution in [0, 0.1) is 5.82 Å². The predicted molar refractivity (Wildman–Crippen MR) is 92.4 cm³/mol. The van der Waals surface area contributed by atoms with Gasteiger partial charge in [-0.25, -0.2) is 9.07 Å². The molecule has 0 saturated carbocycles. The molecule has 0 spiro atoms. The zero-order chi connectivity index (χ0) is 17.9. The number of hydrogen-bond donors (Lipinski definition) is 0. The largest absolute Gasteiger partial charge is 0.497 e. The number of benzene rings is 2. The fraction of sp³-hybridized carbons (Fsp3) is 0.111. The van der Waals surface area contributed by atoms with E-state index in [1.54, 1.807) is 37.7 Å². The lowest BCUT2D eigenvalue weighted by atomic mass is 10.2. The molecule has 2 aromatic carbocycles. The van der Waals surface area contributed by atoms with Crippen LogP contribution >= 0.6 is 0 Å². The first-order valence-electron chi connectivity index (χ1n) is 7.93. The topological polar surface area (TPSA) is 70.7 Å². The van der Waals surface area contributed by atoms with Crippen molar-refractivity contribution in [1.29, 1.82) is 0 Å². The summed E-state index contributed by atoms with van der Waals surface area (Å²) in [5, 5.41) is 16.7. The molecule has 0 fully saturated rings. The molecule has 0 bridgehead atoms. The summed E-state index contributed by atoms with van der Waals surface area (Å²) in [6.07, 6.45) is 3.26. The van der Waals surface area contributed by atoms with Crippen molar-refractivity contribution in [3.05, 3.63) is 72.3 Å². The van der Waals surface area contributed by atoms with Crippen molar-refractivity contribution in [2.75, 3.05) is 7.11 Å². The molecule has 0 amide bonds. The van der Waals surface area contributed by atoms with Gasteiger partial charge in [-0.3, -0.25) is 0 Å². The highest BCUT2D eigenvalue weighted by Gasteiger charge is 2.11. The monoisotopic (exact) mass is 350 g/mol. The second-order valence-electron chi connectivity index (χ2n) is 5.62. The first-order chi connectivity index (χ1) is 12.7. The molecule has 0 aliphatic heterocycles. The zero-order valence-corrected chi connectivity index (χ0v) is 14.0. The van der Waals surface area contributed by atoms with Crippen molar-refractivity contribution < 1.29 is 9.13 Å². The van der Waals surface area contributed by atoms with Gasteiger partial charge < -0.3 is 4.74 Å². The first kappa shape index (κ1) is 15.9. The van der Waals surface area contributed by atoms with Crippen molar-refractivity contribution in [2.24, 2.45) is 0 Å². The molecule has 0 N–H and O–H groups in total. The highest BCUT2D eigenvalue weighted by atomic mass is 19.1. The minimum absolute atomic E-state index is 0.349. The summed E-state index contributed by atoms with van der Waals surface area (Å²) in [5.74, 6) is 0.876. The summed E-state index contributed by atoms with van der Waals surface area (Å²) in [6.45, 7) is 0.485. The Balaban J connectivity index is 1.54. The summed E-state index contributed by atoms with van der Waals surface area (Å²) in [6, 6.07) is 14.1. The quantitative estimate of drug-likeness (QED) is 0.553. The number of para-hydroxylation sites is 1. The smallest absolute Gasteiger partial charge is 0.208 e. The van der Waals surface area contributed by atoms with E-state index >= 15 is 0 Å². The number of hydrogen-bond acceptors (Lipinski definition) is 5. The van der Waals surface area contributed by atoms with E-state index in [9.17, 15) is 4.39 Å². The summed E-state index contributed by atoms with van der Waals surface area (Å²) >= 11 is 0. The zero-order valence-electron chi connectivity index (χ0n) is 14.0. The SMILES string of the molecule is COc1ccc(Cn2nnc(-c3cnn(-c4ccccc4F)c3)n2)cc1. The van der Waals surface area contributed by atoms with E-state index in [4.69, 9.17) is 4.74 Å². The molecule has 4 rings (SSSR count). The lowest BCUT2D eigenvalue weighted by molar-refractivity contribution is 0.414. The van der Waals surface area contributed by atoms with Gasteiger partial charge in [-0.1, -0.05) is 24.3 Å². The molecule has 0 unspecified atom stereocenters. The van der Waals surface area contributed by atoms with Gasteiger partial charge in [0.05, 0.1) is 25.4 Å². The Morgan fingerprint density at radius 2 is 1.88 bits per heavy atom. The maximum absolute atomic E-state index is 13.9. The Kier molecular flexibility index (Phi) is 4.14. The van der Waals surface area contributed by atoms with Crippen LogP contribution in [0.25, 0.3) is 17.1 Å². The third kappa shape index (κ3) is 3.16. The summed E-state index contributed by atoms with van der Waals surface area (Å²) < 4.78 is 20.5. The highest BCUT2D eigenvalue weighted by Crippen LogP contribution is 2.18. The first-order valence-corrected chi connectivity index (χ1v) is 7.93. The number of halogens is 1. The van der Waals surface area contributed by atoms with Gasteiger partial charge in [-0.2, -0.15) is 9.90 Å². The molecule has 0 aliphatic carbocycles. The minimum atomic E-state index is -0.349. The average Bonchev–Trinajstić information content (AvgIpc) is 3.32. The van der Waals surface area contributed by atoms with Gasteiger partial charge in [0.1, 0.15) is 17.3 Å². The van der Waals surface area contributed by atoms with Crippen LogP contribution in [-0.4, -0.2) is 37.1 Å². The lowest BCUT2D eigenvalue weighted by Crippen LogP contribution is -2.03.